The normalized spacial score (nSPS) is 12.6. The molecule has 0 radical (unpaired) electrons. The third-order valence-corrected chi connectivity index (χ3v) is 2.52. The molecule has 0 saturated heterocycles. The van der Waals surface area contributed by atoms with Crippen molar-refractivity contribution < 1.29 is 4.79 Å². The molecule has 1 nitrogen and oxygen atoms in total. The van der Waals surface area contributed by atoms with E-state index >= 15 is 0 Å². The van der Waals surface area contributed by atoms with Crippen molar-refractivity contribution in [3.05, 3.63) is 48.0 Å². The highest BCUT2D eigenvalue weighted by Gasteiger charge is 2.06. The Morgan fingerprint density at radius 1 is 1.07 bits per heavy atom. The molecule has 0 aromatic heterocycles. The third-order valence-electron chi connectivity index (χ3n) is 2.52. The van der Waals surface area contributed by atoms with Crippen molar-refractivity contribution in [3.8, 4) is 0 Å². The molecule has 0 bridgehead atoms. The molecule has 14 heavy (non-hydrogen) atoms. The third kappa shape index (κ3) is 1.41. The summed E-state index contributed by atoms with van der Waals surface area (Å²) in [5.41, 5.74) is 1.11. The average molecular weight is 184 g/mol. The monoisotopic (exact) mass is 184 g/mol. The summed E-state index contributed by atoms with van der Waals surface area (Å²) in [6.45, 7) is 1.93. The van der Waals surface area contributed by atoms with Gasteiger partial charge in [-0.05, 0) is 16.3 Å². The van der Waals surface area contributed by atoms with E-state index in [1.165, 1.54) is 10.8 Å². The first kappa shape index (κ1) is 8.95. The second kappa shape index (κ2) is 3.62. The highest BCUT2D eigenvalue weighted by molar-refractivity contribution is 5.88. The molecule has 2 rings (SSSR count). The molecule has 0 unspecified atom stereocenters. The summed E-state index contributed by atoms with van der Waals surface area (Å²) in [5, 5.41) is 2.37. The number of rotatable bonds is 2. The van der Waals surface area contributed by atoms with E-state index in [4.69, 9.17) is 0 Å². The zero-order valence-electron chi connectivity index (χ0n) is 8.10. The van der Waals surface area contributed by atoms with Crippen molar-refractivity contribution >= 4 is 17.1 Å². The molecule has 1 heteroatoms. The first-order valence-electron chi connectivity index (χ1n) is 4.76. The van der Waals surface area contributed by atoms with Gasteiger partial charge in [-0.3, -0.25) is 0 Å². The molecule has 0 fully saturated rings. The lowest BCUT2D eigenvalue weighted by molar-refractivity contribution is -0.108. The van der Waals surface area contributed by atoms with Gasteiger partial charge in [0, 0.05) is 5.92 Å². The molecule has 0 aliphatic carbocycles. The maximum atomic E-state index is 10.7. The standard InChI is InChI=1S/C13H12O/c1-10(9-14)12-8-4-6-11-5-2-3-7-13(11)12/h2-10H,1H3/t10-/m1/s1. The van der Waals surface area contributed by atoms with Crippen molar-refractivity contribution in [3.63, 3.8) is 0 Å². The van der Waals surface area contributed by atoms with Gasteiger partial charge in [-0.1, -0.05) is 49.4 Å². The molecule has 2 aromatic carbocycles. The SMILES string of the molecule is C[C@H](C=O)c1cccc2ccccc12. The van der Waals surface area contributed by atoms with Crippen molar-refractivity contribution in [2.45, 2.75) is 12.8 Å². The molecule has 0 aliphatic heterocycles. The molecular weight excluding hydrogens is 172 g/mol. The van der Waals surface area contributed by atoms with Gasteiger partial charge < -0.3 is 4.79 Å². The van der Waals surface area contributed by atoms with Gasteiger partial charge in [-0.15, -0.1) is 0 Å². The summed E-state index contributed by atoms with van der Waals surface area (Å²) in [4.78, 5) is 10.7. The van der Waals surface area contributed by atoms with Gasteiger partial charge in [0.25, 0.3) is 0 Å². The maximum absolute atomic E-state index is 10.7. The predicted molar refractivity (Wildman–Crippen MR) is 58.4 cm³/mol. The quantitative estimate of drug-likeness (QED) is 0.655. The van der Waals surface area contributed by atoms with Crippen LogP contribution in [0.15, 0.2) is 42.5 Å². The summed E-state index contributed by atoms with van der Waals surface area (Å²) in [7, 11) is 0. The highest BCUT2D eigenvalue weighted by Crippen LogP contribution is 2.23. The second-order valence-corrected chi connectivity index (χ2v) is 3.49. The van der Waals surface area contributed by atoms with Gasteiger partial charge >= 0.3 is 0 Å². The van der Waals surface area contributed by atoms with Gasteiger partial charge in [0.15, 0.2) is 0 Å². The van der Waals surface area contributed by atoms with Crippen LogP contribution in [0.4, 0.5) is 0 Å². The number of benzene rings is 2. The summed E-state index contributed by atoms with van der Waals surface area (Å²) in [6.07, 6.45) is 0.988. The van der Waals surface area contributed by atoms with Crippen molar-refractivity contribution in [1.29, 1.82) is 0 Å². The van der Waals surface area contributed by atoms with E-state index in [-0.39, 0.29) is 5.92 Å². The molecule has 0 spiro atoms. The number of carbonyl (C=O) groups is 1. The van der Waals surface area contributed by atoms with Crippen molar-refractivity contribution in [1.82, 2.24) is 0 Å². The zero-order chi connectivity index (χ0) is 9.97. The lowest BCUT2D eigenvalue weighted by Gasteiger charge is -2.08. The van der Waals surface area contributed by atoms with Crippen LogP contribution in [-0.4, -0.2) is 6.29 Å². The molecule has 1 atom stereocenters. The molecule has 0 heterocycles. The lowest BCUT2D eigenvalue weighted by atomic mass is 9.96. The van der Waals surface area contributed by atoms with Crippen LogP contribution in [-0.2, 0) is 4.79 Å². The van der Waals surface area contributed by atoms with E-state index < -0.39 is 0 Å². The van der Waals surface area contributed by atoms with Gasteiger partial charge in [-0.2, -0.15) is 0 Å². The predicted octanol–water partition coefficient (Wildman–Crippen LogP) is 3.14. The largest absolute Gasteiger partial charge is 0.303 e. The Morgan fingerprint density at radius 3 is 2.57 bits per heavy atom. The summed E-state index contributed by atoms with van der Waals surface area (Å²) >= 11 is 0. The minimum absolute atomic E-state index is 0.0268. The highest BCUT2D eigenvalue weighted by atomic mass is 16.1. The van der Waals surface area contributed by atoms with Crippen LogP contribution in [0, 0.1) is 0 Å². The molecule has 2 aromatic rings. The fourth-order valence-electron chi connectivity index (χ4n) is 1.72. The van der Waals surface area contributed by atoms with Crippen LogP contribution in [0.25, 0.3) is 10.8 Å². The minimum Gasteiger partial charge on any atom is -0.303 e. The molecule has 70 valence electrons. The Hall–Kier alpha value is -1.63. The molecular formula is C13H12O. The first-order valence-corrected chi connectivity index (χ1v) is 4.76. The fraction of sp³-hybridized carbons (Fsp3) is 0.154. The van der Waals surface area contributed by atoms with Gasteiger partial charge in [0.1, 0.15) is 6.29 Å². The van der Waals surface area contributed by atoms with E-state index in [0.29, 0.717) is 0 Å². The van der Waals surface area contributed by atoms with E-state index in [9.17, 15) is 4.79 Å². The number of carbonyl (C=O) groups excluding carboxylic acids is 1. The fourth-order valence-corrected chi connectivity index (χ4v) is 1.72. The van der Waals surface area contributed by atoms with Crippen molar-refractivity contribution in [2.24, 2.45) is 0 Å². The van der Waals surface area contributed by atoms with Crippen LogP contribution < -0.4 is 0 Å². The summed E-state index contributed by atoms with van der Waals surface area (Å²) in [6, 6.07) is 14.2. The summed E-state index contributed by atoms with van der Waals surface area (Å²) in [5.74, 6) is -0.0268. The smallest absolute Gasteiger partial charge is 0.127 e. The first-order chi connectivity index (χ1) is 6.83. The Labute approximate surface area is 83.4 Å². The van der Waals surface area contributed by atoms with Crippen LogP contribution in [0.1, 0.15) is 18.4 Å². The lowest BCUT2D eigenvalue weighted by Crippen LogP contribution is -1.94. The Morgan fingerprint density at radius 2 is 1.79 bits per heavy atom. The zero-order valence-corrected chi connectivity index (χ0v) is 8.10. The molecule has 0 aliphatic rings. The number of hydrogen-bond donors (Lipinski definition) is 0. The Kier molecular flexibility index (Phi) is 2.32. The van der Waals surface area contributed by atoms with E-state index in [1.54, 1.807) is 0 Å². The van der Waals surface area contributed by atoms with Crippen LogP contribution in [0.5, 0.6) is 0 Å². The van der Waals surface area contributed by atoms with Crippen molar-refractivity contribution in [2.75, 3.05) is 0 Å². The minimum atomic E-state index is -0.0268. The van der Waals surface area contributed by atoms with Crippen LogP contribution in [0.2, 0.25) is 0 Å². The molecule has 0 amide bonds. The van der Waals surface area contributed by atoms with Crippen LogP contribution >= 0.6 is 0 Å². The van der Waals surface area contributed by atoms with Crippen LogP contribution in [0.3, 0.4) is 0 Å². The number of hydrogen-bond acceptors (Lipinski definition) is 1. The Bertz CT molecular complexity index is 454. The second-order valence-electron chi connectivity index (χ2n) is 3.49. The van der Waals surface area contributed by atoms with E-state index in [1.807, 2.05) is 31.2 Å². The maximum Gasteiger partial charge on any atom is 0.127 e. The molecule has 0 N–H and O–H groups in total. The number of aldehydes is 1. The van der Waals surface area contributed by atoms with E-state index in [0.717, 1.165) is 11.8 Å². The van der Waals surface area contributed by atoms with Gasteiger partial charge in [0.05, 0.1) is 0 Å². The average Bonchev–Trinajstić information content (AvgIpc) is 2.27. The van der Waals surface area contributed by atoms with Gasteiger partial charge in [-0.25, -0.2) is 0 Å². The Balaban J connectivity index is 2.70. The number of fused-ring (bicyclic) bond motifs is 1. The molecule has 0 saturated carbocycles. The summed E-state index contributed by atoms with van der Waals surface area (Å²) < 4.78 is 0. The van der Waals surface area contributed by atoms with Gasteiger partial charge in [0.2, 0.25) is 0 Å². The topological polar surface area (TPSA) is 17.1 Å². The van der Waals surface area contributed by atoms with E-state index in [2.05, 4.69) is 18.2 Å².